The molecule has 0 saturated carbocycles. The minimum atomic E-state index is -0.938. The number of hydrogen-bond donors (Lipinski definition) is 2. The van der Waals surface area contributed by atoms with Crippen LogP contribution in [0.5, 0.6) is 0 Å². The van der Waals surface area contributed by atoms with Gasteiger partial charge in [-0.3, -0.25) is 9.69 Å². The van der Waals surface area contributed by atoms with Gasteiger partial charge < -0.3 is 10.2 Å². The van der Waals surface area contributed by atoms with Crippen LogP contribution >= 0.6 is 0 Å². The number of carboxylic acid groups (broad SMARTS) is 1. The first-order chi connectivity index (χ1) is 10.0. The number of aliphatic hydroxyl groups is 1. The lowest BCUT2D eigenvalue weighted by atomic mass is 9.83. The number of halogens is 1. The monoisotopic (exact) mass is 295 g/mol. The second-order valence-electron chi connectivity index (χ2n) is 5.92. The van der Waals surface area contributed by atoms with Gasteiger partial charge in [-0.25, -0.2) is 4.39 Å². The molecule has 1 aromatic carbocycles. The summed E-state index contributed by atoms with van der Waals surface area (Å²) in [4.78, 5) is 13.5. The predicted octanol–water partition coefficient (Wildman–Crippen LogP) is 2.44. The lowest BCUT2D eigenvalue weighted by Crippen LogP contribution is -2.36. The first-order valence-electron chi connectivity index (χ1n) is 7.34. The minimum absolute atomic E-state index is 0.0765. The number of rotatable bonds is 6. The Kier molecular flexibility index (Phi) is 4.96. The number of carbonyl (C=O) groups is 1. The van der Waals surface area contributed by atoms with Crippen LogP contribution < -0.4 is 0 Å². The zero-order valence-electron chi connectivity index (χ0n) is 12.3. The number of aliphatic carboxylic acids is 1. The fraction of sp³-hybridized carbons (Fsp3) is 0.562. The van der Waals surface area contributed by atoms with E-state index in [9.17, 15) is 19.4 Å². The number of aliphatic hydroxyl groups excluding tert-OH is 1. The lowest BCUT2D eigenvalue weighted by Gasteiger charge is -2.29. The zero-order chi connectivity index (χ0) is 15.5. The molecule has 0 bridgehead atoms. The van der Waals surface area contributed by atoms with Gasteiger partial charge in [0, 0.05) is 18.6 Å². The third kappa shape index (κ3) is 3.41. The van der Waals surface area contributed by atoms with Crippen molar-refractivity contribution in [1.29, 1.82) is 0 Å². The molecule has 0 amide bonds. The highest BCUT2D eigenvalue weighted by atomic mass is 19.1. The highest BCUT2D eigenvalue weighted by Gasteiger charge is 2.41. The summed E-state index contributed by atoms with van der Waals surface area (Å²) in [5.74, 6) is -1.31. The van der Waals surface area contributed by atoms with Crippen LogP contribution in [0.15, 0.2) is 24.3 Å². The van der Waals surface area contributed by atoms with Crippen LogP contribution in [-0.2, 0) is 4.79 Å². The van der Waals surface area contributed by atoms with Crippen molar-refractivity contribution in [3.63, 3.8) is 0 Å². The Hall–Kier alpha value is -1.46. The average Bonchev–Trinajstić information content (AvgIpc) is 2.86. The summed E-state index contributed by atoms with van der Waals surface area (Å²) in [5, 5.41) is 19.2. The third-order valence-corrected chi connectivity index (χ3v) is 4.37. The molecule has 1 aliphatic heterocycles. The van der Waals surface area contributed by atoms with Gasteiger partial charge in [0.15, 0.2) is 0 Å². The molecular formula is C16H22FNO3. The highest BCUT2D eigenvalue weighted by molar-refractivity contribution is 5.75. The van der Waals surface area contributed by atoms with Crippen LogP contribution in [0, 0.1) is 11.2 Å². The molecule has 2 atom stereocenters. The van der Waals surface area contributed by atoms with Crippen molar-refractivity contribution in [2.45, 2.75) is 32.2 Å². The molecule has 0 aliphatic carbocycles. The number of hydrogen-bond acceptors (Lipinski definition) is 3. The lowest BCUT2D eigenvalue weighted by molar-refractivity contribution is -0.143. The molecule has 2 rings (SSSR count). The van der Waals surface area contributed by atoms with Gasteiger partial charge in [-0.1, -0.05) is 25.5 Å². The van der Waals surface area contributed by atoms with Crippen molar-refractivity contribution in [3.8, 4) is 0 Å². The maximum atomic E-state index is 13.0. The SMILES string of the molecule is CCCC1(CO)CCN(C(C(=O)O)c2ccc(F)cc2)C1. The Bertz CT molecular complexity index is 491. The summed E-state index contributed by atoms with van der Waals surface area (Å²) < 4.78 is 13.0. The van der Waals surface area contributed by atoms with Crippen LogP contribution in [-0.4, -0.2) is 40.8 Å². The molecule has 2 N–H and O–H groups in total. The number of carboxylic acids is 1. The normalized spacial score (nSPS) is 24.1. The first kappa shape index (κ1) is 15.9. The maximum Gasteiger partial charge on any atom is 0.325 e. The van der Waals surface area contributed by atoms with Crippen LogP contribution in [0.2, 0.25) is 0 Å². The van der Waals surface area contributed by atoms with Crippen molar-refractivity contribution in [1.82, 2.24) is 4.90 Å². The summed E-state index contributed by atoms with van der Waals surface area (Å²) in [6.45, 7) is 3.34. The molecule has 2 unspecified atom stereocenters. The van der Waals surface area contributed by atoms with E-state index in [2.05, 4.69) is 6.92 Å². The van der Waals surface area contributed by atoms with E-state index in [1.807, 2.05) is 4.90 Å². The summed E-state index contributed by atoms with van der Waals surface area (Å²) in [5.41, 5.74) is 0.372. The molecule has 0 spiro atoms. The molecule has 0 aromatic heterocycles. The summed E-state index contributed by atoms with van der Waals surface area (Å²) >= 11 is 0. The second-order valence-corrected chi connectivity index (χ2v) is 5.92. The van der Waals surface area contributed by atoms with Gasteiger partial charge in [-0.05, 0) is 37.1 Å². The van der Waals surface area contributed by atoms with Gasteiger partial charge in [0.25, 0.3) is 0 Å². The molecular weight excluding hydrogens is 273 g/mol. The zero-order valence-corrected chi connectivity index (χ0v) is 12.3. The number of benzene rings is 1. The quantitative estimate of drug-likeness (QED) is 0.846. The maximum absolute atomic E-state index is 13.0. The van der Waals surface area contributed by atoms with Crippen molar-refractivity contribution in [2.24, 2.45) is 5.41 Å². The smallest absolute Gasteiger partial charge is 0.325 e. The van der Waals surface area contributed by atoms with Crippen LogP contribution in [0.3, 0.4) is 0 Å². The van der Waals surface area contributed by atoms with Crippen molar-refractivity contribution >= 4 is 5.97 Å². The van der Waals surface area contributed by atoms with Crippen molar-refractivity contribution in [3.05, 3.63) is 35.6 Å². The van der Waals surface area contributed by atoms with Gasteiger partial charge in [0.2, 0.25) is 0 Å². The summed E-state index contributed by atoms with van der Waals surface area (Å²) in [7, 11) is 0. The minimum Gasteiger partial charge on any atom is -0.480 e. The summed E-state index contributed by atoms with van der Waals surface area (Å²) in [6.07, 6.45) is 2.64. The van der Waals surface area contributed by atoms with Gasteiger partial charge in [0.05, 0.1) is 0 Å². The number of nitrogens with zero attached hydrogens (tertiary/aromatic N) is 1. The Morgan fingerprint density at radius 1 is 1.43 bits per heavy atom. The van der Waals surface area contributed by atoms with Gasteiger partial charge >= 0.3 is 5.97 Å². The molecule has 4 nitrogen and oxygen atoms in total. The largest absolute Gasteiger partial charge is 0.480 e. The van der Waals surface area contributed by atoms with E-state index in [4.69, 9.17) is 0 Å². The Labute approximate surface area is 124 Å². The highest BCUT2D eigenvalue weighted by Crippen LogP contribution is 2.38. The van der Waals surface area contributed by atoms with E-state index in [0.717, 1.165) is 19.3 Å². The van der Waals surface area contributed by atoms with Crippen molar-refractivity contribution in [2.75, 3.05) is 19.7 Å². The Morgan fingerprint density at radius 2 is 2.10 bits per heavy atom. The topological polar surface area (TPSA) is 60.8 Å². The van der Waals surface area contributed by atoms with Crippen LogP contribution in [0.25, 0.3) is 0 Å². The third-order valence-electron chi connectivity index (χ3n) is 4.37. The molecule has 21 heavy (non-hydrogen) atoms. The van der Waals surface area contributed by atoms with E-state index < -0.39 is 12.0 Å². The van der Waals surface area contributed by atoms with Gasteiger partial charge in [-0.2, -0.15) is 0 Å². The van der Waals surface area contributed by atoms with Crippen molar-refractivity contribution < 1.29 is 19.4 Å². The number of likely N-dealkylation sites (tertiary alicyclic amines) is 1. The van der Waals surface area contributed by atoms with E-state index in [-0.39, 0.29) is 17.8 Å². The molecule has 1 saturated heterocycles. The van der Waals surface area contributed by atoms with E-state index >= 15 is 0 Å². The molecule has 0 radical (unpaired) electrons. The van der Waals surface area contributed by atoms with Gasteiger partial charge in [-0.15, -0.1) is 0 Å². The van der Waals surface area contributed by atoms with Gasteiger partial charge in [0.1, 0.15) is 11.9 Å². The Morgan fingerprint density at radius 3 is 2.62 bits per heavy atom. The van der Waals surface area contributed by atoms with Crippen LogP contribution in [0.1, 0.15) is 37.8 Å². The standard InChI is InChI=1S/C16H22FNO3/c1-2-7-16(11-19)8-9-18(10-16)14(15(20)21)12-3-5-13(17)6-4-12/h3-6,14,19H,2,7-11H2,1H3,(H,20,21). The Balaban J connectivity index is 2.21. The van der Waals surface area contributed by atoms with Crippen LogP contribution in [0.4, 0.5) is 4.39 Å². The molecule has 1 aromatic rings. The van der Waals surface area contributed by atoms with E-state index in [0.29, 0.717) is 18.7 Å². The van der Waals surface area contributed by atoms with E-state index in [1.54, 1.807) is 0 Å². The first-order valence-corrected chi connectivity index (χ1v) is 7.34. The second kappa shape index (κ2) is 6.54. The fourth-order valence-corrected chi connectivity index (χ4v) is 3.29. The molecule has 116 valence electrons. The summed E-state index contributed by atoms with van der Waals surface area (Å²) in [6, 6.07) is 4.83. The average molecular weight is 295 g/mol. The molecule has 1 heterocycles. The molecule has 1 fully saturated rings. The predicted molar refractivity (Wildman–Crippen MR) is 77.4 cm³/mol. The molecule has 1 aliphatic rings. The fourth-order valence-electron chi connectivity index (χ4n) is 3.29. The molecule has 5 heteroatoms. The van der Waals surface area contributed by atoms with E-state index in [1.165, 1.54) is 24.3 Å².